The third-order valence-corrected chi connectivity index (χ3v) is 5.42. The van der Waals surface area contributed by atoms with E-state index in [0.29, 0.717) is 30.8 Å². The summed E-state index contributed by atoms with van der Waals surface area (Å²) < 4.78 is 39.4. The van der Waals surface area contributed by atoms with Gasteiger partial charge in [0.05, 0.1) is 4.90 Å². The van der Waals surface area contributed by atoms with E-state index in [1.54, 1.807) is 13.8 Å². The van der Waals surface area contributed by atoms with Crippen molar-refractivity contribution in [3.05, 3.63) is 29.1 Å². The first-order valence-electron chi connectivity index (χ1n) is 5.83. The highest BCUT2D eigenvalue weighted by atomic mass is 32.2. The van der Waals surface area contributed by atoms with Gasteiger partial charge in [-0.1, -0.05) is 0 Å². The van der Waals surface area contributed by atoms with Crippen molar-refractivity contribution in [1.29, 1.82) is 0 Å². The third kappa shape index (κ3) is 2.15. The van der Waals surface area contributed by atoms with E-state index < -0.39 is 15.8 Å². The molecule has 1 aromatic rings. The van der Waals surface area contributed by atoms with E-state index in [2.05, 4.69) is 0 Å². The first kappa shape index (κ1) is 13.5. The fourth-order valence-electron chi connectivity index (χ4n) is 2.30. The zero-order chi connectivity index (χ0) is 13.5. The molecule has 0 saturated carbocycles. The fraction of sp³-hybridized carbons (Fsp3) is 0.500. The van der Waals surface area contributed by atoms with Gasteiger partial charge in [0.2, 0.25) is 10.0 Å². The zero-order valence-corrected chi connectivity index (χ0v) is 11.3. The summed E-state index contributed by atoms with van der Waals surface area (Å²) in [5.41, 5.74) is 6.38. The van der Waals surface area contributed by atoms with Crippen LogP contribution in [0, 0.1) is 25.6 Å². The van der Waals surface area contributed by atoms with Crippen LogP contribution < -0.4 is 5.73 Å². The molecule has 2 N–H and O–H groups in total. The van der Waals surface area contributed by atoms with Crippen LogP contribution >= 0.6 is 0 Å². The number of halogens is 1. The molecule has 0 spiro atoms. The monoisotopic (exact) mass is 272 g/mol. The summed E-state index contributed by atoms with van der Waals surface area (Å²) in [5.74, 6) is -0.173. The summed E-state index contributed by atoms with van der Waals surface area (Å²) in [6.45, 7) is 4.63. The van der Waals surface area contributed by atoms with Gasteiger partial charge in [-0.25, -0.2) is 12.8 Å². The quantitative estimate of drug-likeness (QED) is 0.893. The number of benzene rings is 1. The van der Waals surface area contributed by atoms with Crippen molar-refractivity contribution < 1.29 is 12.8 Å². The number of nitrogens with two attached hydrogens (primary N) is 1. The molecule has 2 rings (SSSR count). The smallest absolute Gasteiger partial charge is 0.243 e. The molecular weight excluding hydrogens is 255 g/mol. The highest BCUT2D eigenvalue weighted by molar-refractivity contribution is 7.89. The van der Waals surface area contributed by atoms with Gasteiger partial charge in [0, 0.05) is 13.1 Å². The van der Waals surface area contributed by atoms with E-state index >= 15 is 0 Å². The SMILES string of the molecule is Cc1cc(F)cc(C)c1S(=O)(=O)N1CC(CN)C1. The van der Waals surface area contributed by atoms with Crippen LogP contribution in [0.15, 0.2) is 17.0 Å². The summed E-state index contributed by atoms with van der Waals surface area (Å²) in [6.07, 6.45) is 0. The van der Waals surface area contributed by atoms with Gasteiger partial charge in [0.25, 0.3) is 0 Å². The lowest BCUT2D eigenvalue weighted by Gasteiger charge is -2.37. The summed E-state index contributed by atoms with van der Waals surface area (Å²) in [5, 5.41) is 0. The van der Waals surface area contributed by atoms with Crippen molar-refractivity contribution in [1.82, 2.24) is 4.31 Å². The maximum atomic E-state index is 13.2. The second-order valence-corrected chi connectivity index (χ2v) is 6.67. The van der Waals surface area contributed by atoms with Crippen LogP contribution in [0.2, 0.25) is 0 Å². The number of hydrogen-bond acceptors (Lipinski definition) is 3. The molecule has 0 aliphatic carbocycles. The lowest BCUT2D eigenvalue weighted by Crippen LogP contribution is -2.52. The molecule has 1 fully saturated rings. The van der Waals surface area contributed by atoms with Crippen molar-refractivity contribution in [3.8, 4) is 0 Å². The molecule has 0 amide bonds. The Morgan fingerprint density at radius 1 is 1.33 bits per heavy atom. The van der Waals surface area contributed by atoms with Gasteiger partial charge in [-0.2, -0.15) is 4.31 Å². The van der Waals surface area contributed by atoms with Crippen LogP contribution in [0.3, 0.4) is 0 Å². The number of aryl methyl sites for hydroxylation is 2. The Morgan fingerprint density at radius 3 is 2.28 bits per heavy atom. The molecular formula is C12H17FN2O2S. The average Bonchev–Trinajstić information content (AvgIpc) is 2.12. The van der Waals surface area contributed by atoms with Gasteiger partial charge in [0.1, 0.15) is 5.82 Å². The Bertz CT molecular complexity index is 542. The van der Waals surface area contributed by atoms with E-state index in [0.717, 1.165) is 0 Å². The van der Waals surface area contributed by atoms with Crippen molar-refractivity contribution in [3.63, 3.8) is 0 Å². The normalized spacial score (nSPS) is 17.8. The number of rotatable bonds is 3. The molecule has 1 aliphatic heterocycles. The molecule has 1 heterocycles. The second kappa shape index (κ2) is 4.60. The van der Waals surface area contributed by atoms with Crippen LogP contribution in [0.1, 0.15) is 11.1 Å². The first-order valence-corrected chi connectivity index (χ1v) is 7.27. The first-order chi connectivity index (χ1) is 8.36. The summed E-state index contributed by atoms with van der Waals surface area (Å²) in [7, 11) is -3.51. The lowest BCUT2D eigenvalue weighted by molar-refractivity contribution is 0.207. The summed E-state index contributed by atoms with van der Waals surface area (Å²) in [6, 6.07) is 2.50. The van der Waals surface area contributed by atoms with Crippen LogP contribution in [-0.2, 0) is 10.0 Å². The predicted octanol–water partition coefficient (Wildman–Crippen LogP) is 1.02. The molecule has 0 unspecified atom stereocenters. The summed E-state index contributed by atoms with van der Waals surface area (Å²) >= 11 is 0. The third-order valence-electron chi connectivity index (χ3n) is 3.28. The topological polar surface area (TPSA) is 63.4 Å². The Balaban J connectivity index is 2.37. The van der Waals surface area contributed by atoms with E-state index in [1.807, 2.05) is 0 Å². The molecule has 0 bridgehead atoms. The Hall–Kier alpha value is -0.980. The molecule has 1 saturated heterocycles. The molecule has 1 aliphatic rings. The van der Waals surface area contributed by atoms with Crippen molar-refractivity contribution in [2.45, 2.75) is 18.7 Å². The molecule has 1 aromatic carbocycles. The second-order valence-electron chi connectivity index (χ2n) is 4.79. The molecule has 0 atom stereocenters. The summed E-state index contributed by atoms with van der Waals surface area (Å²) in [4.78, 5) is 0.222. The largest absolute Gasteiger partial charge is 0.330 e. The molecule has 0 radical (unpaired) electrons. The van der Waals surface area contributed by atoms with Gasteiger partial charge in [-0.15, -0.1) is 0 Å². The van der Waals surface area contributed by atoms with Crippen LogP contribution in [0.25, 0.3) is 0 Å². The van der Waals surface area contributed by atoms with Gasteiger partial charge in [0.15, 0.2) is 0 Å². The van der Waals surface area contributed by atoms with E-state index in [9.17, 15) is 12.8 Å². The Kier molecular flexibility index (Phi) is 3.44. The molecule has 4 nitrogen and oxygen atoms in total. The van der Waals surface area contributed by atoms with Crippen LogP contribution in [0.4, 0.5) is 4.39 Å². The number of sulfonamides is 1. The molecule has 100 valence electrons. The maximum absolute atomic E-state index is 13.2. The number of nitrogens with zero attached hydrogens (tertiary/aromatic N) is 1. The van der Waals surface area contributed by atoms with Crippen molar-refractivity contribution >= 4 is 10.0 Å². The van der Waals surface area contributed by atoms with Crippen LogP contribution in [-0.4, -0.2) is 32.4 Å². The number of hydrogen-bond donors (Lipinski definition) is 1. The minimum atomic E-state index is -3.51. The minimum Gasteiger partial charge on any atom is -0.330 e. The Morgan fingerprint density at radius 2 is 1.83 bits per heavy atom. The van der Waals surface area contributed by atoms with Crippen molar-refractivity contribution in [2.24, 2.45) is 11.7 Å². The lowest BCUT2D eigenvalue weighted by atomic mass is 10.0. The molecule has 6 heteroatoms. The van der Waals surface area contributed by atoms with Gasteiger partial charge in [-0.3, -0.25) is 0 Å². The van der Waals surface area contributed by atoms with E-state index in [4.69, 9.17) is 5.73 Å². The highest BCUT2D eigenvalue weighted by Gasteiger charge is 2.37. The van der Waals surface area contributed by atoms with Crippen molar-refractivity contribution in [2.75, 3.05) is 19.6 Å². The highest BCUT2D eigenvalue weighted by Crippen LogP contribution is 2.29. The van der Waals surface area contributed by atoms with E-state index in [1.165, 1.54) is 16.4 Å². The van der Waals surface area contributed by atoms with Gasteiger partial charge >= 0.3 is 0 Å². The van der Waals surface area contributed by atoms with Crippen LogP contribution in [0.5, 0.6) is 0 Å². The van der Waals surface area contributed by atoms with Gasteiger partial charge in [-0.05, 0) is 49.6 Å². The maximum Gasteiger partial charge on any atom is 0.243 e. The van der Waals surface area contributed by atoms with Gasteiger partial charge < -0.3 is 5.73 Å². The molecule has 0 aromatic heterocycles. The fourth-order valence-corrected chi connectivity index (χ4v) is 4.31. The Labute approximate surface area is 107 Å². The molecule has 18 heavy (non-hydrogen) atoms. The predicted molar refractivity (Wildman–Crippen MR) is 67.2 cm³/mol. The standard InChI is InChI=1S/C12H17FN2O2S/c1-8-3-11(13)4-9(2)12(8)18(16,17)15-6-10(5-14)7-15/h3-4,10H,5-7,14H2,1-2H3. The van der Waals surface area contributed by atoms with E-state index in [-0.39, 0.29) is 10.8 Å². The zero-order valence-electron chi connectivity index (χ0n) is 10.5. The minimum absolute atomic E-state index is 0.222. The average molecular weight is 272 g/mol.